The first-order chi connectivity index (χ1) is 24.2. The number of nitrogens with one attached hydrogen (secondary N) is 5. The first-order valence-corrected chi connectivity index (χ1v) is 17.5. The zero-order chi connectivity index (χ0) is 39.6. The number of aliphatic hydroxyl groups excluding tert-OH is 1. The molecule has 0 unspecified atom stereocenters. The fourth-order valence-electron chi connectivity index (χ4n) is 4.44. The summed E-state index contributed by atoms with van der Waals surface area (Å²) < 4.78 is 10.5. The van der Waals surface area contributed by atoms with Gasteiger partial charge in [0, 0.05) is 39.0 Å². The largest absolute Gasteiger partial charge is 0.465 e. The number of hydrogen-bond donors (Lipinski definition) is 6. The Morgan fingerprint density at radius 3 is 1.98 bits per heavy atom. The molecule has 0 saturated heterocycles. The fourth-order valence-corrected chi connectivity index (χ4v) is 4.44. The van der Waals surface area contributed by atoms with Crippen LogP contribution in [0.5, 0.6) is 0 Å². The number of alkyl carbamates (subject to hydrolysis) is 1. The minimum Gasteiger partial charge on any atom is -0.465 e. The van der Waals surface area contributed by atoms with E-state index in [1.54, 1.807) is 73.0 Å². The monoisotopic (exact) mass is 734 g/mol. The Labute approximate surface area is 306 Å². The summed E-state index contributed by atoms with van der Waals surface area (Å²) in [6.07, 6.45) is -0.842. The smallest absolute Gasteiger partial charge is 0.407 e. The summed E-state index contributed by atoms with van der Waals surface area (Å²) in [6.45, 7) is 11.7. The Bertz CT molecular complexity index is 1360. The molecule has 16 heteroatoms. The van der Waals surface area contributed by atoms with Gasteiger partial charge in [-0.15, -0.1) is 0 Å². The Morgan fingerprint density at radius 2 is 1.44 bits per heavy atom. The van der Waals surface area contributed by atoms with Crippen molar-refractivity contribution in [1.29, 1.82) is 0 Å². The van der Waals surface area contributed by atoms with Gasteiger partial charge in [0.05, 0.1) is 19.8 Å². The fraction of sp³-hybridized carbons (Fsp3) is 0.639. The number of esters is 1. The number of anilines is 1. The van der Waals surface area contributed by atoms with Gasteiger partial charge in [-0.05, 0) is 63.1 Å². The molecule has 0 aliphatic rings. The molecule has 1 aromatic rings. The Hall–Kier alpha value is -4.73. The number of hydrogen-bond acceptors (Lipinski definition) is 10. The van der Waals surface area contributed by atoms with E-state index in [9.17, 15) is 38.7 Å². The van der Waals surface area contributed by atoms with E-state index in [0.29, 0.717) is 11.3 Å². The molecule has 1 aromatic carbocycles. The van der Waals surface area contributed by atoms with Crippen LogP contribution in [0, 0.1) is 11.8 Å². The number of ether oxygens (including phenoxy) is 2. The van der Waals surface area contributed by atoms with Gasteiger partial charge in [-0.25, -0.2) is 4.79 Å². The maximum absolute atomic E-state index is 13.7. The van der Waals surface area contributed by atoms with E-state index in [-0.39, 0.29) is 63.7 Å². The molecule has 1 rings (SSSR count). The topological polar surface area (TPSA) is 222 Å². The standard InChI is InChI=1S/C36H58N6O10/c1-22(2)21-51-30(46)18-17-26(39-28(44)11-10-12-29(45)42(8)9)32(47)41-31(23(3)4)34(49)40-27(19-37-35(50)52-36(5,6)7)33(48)38-25-15-13-24(20-43)14-16-25/h13-16,22-23,26-27,31,43H,10-12,17-21H2,1-9H3,(H,37,50)(H,38,48)(H,39,44)(H,40,49)(H,41,47)/t26-,27-,31-/m0/s1. The molecule has 0 heterocycles. The van der Waals surface area contributed by atoms with Crippen molar-refractivity contribution < 1.29 is 48.1 Å². The highest BCUT2D eigenvalue weighted by Crippen LogP contribution is 2.12. The van der Waals surface area contributed by atoms with Crippen LogP contribution in [0.3, 0.4) is 0 Å². The van der Waals surface area contributed by atoms with Gasteiger partial charge in [0.15, 0.2) is 0 Å². The predicted octanol–water partition coefficient (Wildman–Crippen LogP) is 1.99. The van der Waals surface area contributed by atoms with E-state index >= 15 is 0 Å². The average Bonchev–Trinajstić information content (AvgIpc) is 3.05. The quantitative estimate of drug-likeness (QED) is 0.107. The van der Waals surface area contributed by atoms with Gasteiger partial charge in [-0.3, -0.25) is 28.8 Å². The third-order valence-electron chi connectivity index (χ3n) is 7.29. The normalized spacial score (nSPS) is 12.9. The van der Waals surface area contributed by atoms with Gasteiger partial charge in [0.2, 0.25) is 29.5 Å². The van der Waals surface area contributed by atoms with Gasteiger partial charge in [0.1, 0.15) is 23.7 Å². The van der Waals surface area contributed by atoms with E-state index in [2.05, 4.69) is 26.6 Å². The number of amides is 6. The molecule has 0 saturated carbocycles. The van der Waals surface area contributed by atoms with Crippen LogP contribution in [0.25, 0.3) is 0 Å². The minimum atomic E-state index is -1.33. The van der Waals surface area contributed by atoms with Gasteiger partial charge in [-0.2, -0.15) is 0 Å². The van der Waals surface area contributed by atoms with Crippen molar-refractivity contribution in [2.24, 2.45) is 11.8 Å². The lowest BCUT2D eigenvalue weighted by molar-refractivity contribution is -0.145. The molecule has 6 N–H and O–H groups in total. The van der Waals surface area contributed by atoms with Crippen molar-refractivity contribution in [1.82, 2.24) is 26.2 Å². The molecule has 0 aromatic heterocycles. The van der Waals surface area contributed by atoms with Crippen molar-refractivity contribution in [2.75, 3.05) is 32.6 Å². The van der Waals surface area contributed by atoms with E-state index in [0.717, 1.165) is 0 Å². The van der Waals surface area contributed by atoms with Crippen LogP contribution in [0.15, 0.2) is 24.3 Å². The summed E-state index contributed by atoms with van der Waals surface area (Å²) in [6, 6.07) is 2.57. The molecule has 3 atom stereocenters. The molecule has 52 heavy (non-hydrogen) atoms. The molecule has 292 valence electrons. The number of rotatable bonds is 20. The van der Waals surface area contributed by atoms with E-state index < -0.39 is 65.3 Å². The van der Waals surface area contributed by atoms with Gasteiger partial charge in [-0.1, -0.05) is 39.8 Å². The van der Waals surface area contributed by atoms with Crippen molar-refractivity contribution in [3.8, 4) is 0 Å². The van der Waals surface area contributed by atoms with Crippen LogP contribution >= 0.6 is 0 Å². The van der Waals surface area contributed by atoms with E-state index in [4.69, 9.17) is 9.47 Å². The molecule has 0 bridgehead atoms. The summed E-state index contributed by atoms with van der Waals surface area (Å²) >= 11 is 0. The zero-order valence-electron chi connectivity index (χ0n) is 31.9. The molecule has 0 aliphatic carbocycles. The third-order valence-corrected chi connectivity index (χ3v) is 7.29. The maximum atomic E-state index is 13.7. The maximum Gasteiger partial charge on any atom is 0.407 e. The lowest BCUT2D eigenvalue weighted by Gasteiger charge is -2.27. The van der Waals surface area contributed by atoms with Crippen molar-refractivity contribution >= 4 is 47.3 Å². The summed E-state index contributed by atoms with van der Waals surface area (Å²) in [4.78, 5) is 91.7. The van der Waals surface area contributed by atoms with E-state index in [1.165, 1.54) is 4.90 Å². The third kappa shape index (κ3) is 18.5. The van der Waals surface area contributed by atoms with Crippen LogP contribution in [0.4, 0.5) is 10.5 Å². The zero-order valence-corrected chi connectivity index (χ0v) is 31.9. The van der Waals surface area contributed by atoms with Gasteiger partial charge >= 0.3 is 12.1 Å². The first-order valence-electron chi connectivity index (χ1n) is 17.5. The number of aliphatic hydroxyl groups is 1. The summed E-state index contributed by atoms with van der Waals surface area (Å²) in [5, 5.41) is 22.3. The van der Waals surface area contributed by atoms with Crippen LogP contribution in [0.2, 0.25) is 0 Å². The van der Waals surface area contributed by atoms with Crippen molar-refractivity contribution in [2.45, 2.75) is 111 Å². The van der Waals surface area contributed by atoms with Crippen LogP contribution < -0.4 is 26.6 Å². The van der Waals surface area contributed by atoms with Gasteiger partial charge < -0.3 is 46.1 Å². The number of carbonyl (C=O) groups is 7. The molecule has 16 nitrogen and oxygen atoms in total. The lowest BCUT2D eigenvalue weighted by atomic mass is 10.0. The van der Waals surface area contributed by atoms with E-state index in [1.807, 2.05) is 13.8 Å². The average molecular weight is 735 g/mol. The molecule has 0 spiro atoms. The molecule has 0 aliphatic heterocycles. The lowest BCUT2D eigenvalue weighted by Crippen LogP contribution is -2.59. The highest BCUT2D eigenvalue weighted by Gasteiger charge is 2.32. The highest BCUT2D eigenvalue weighted by atomic mass is 16.6. The second-order valence-electron chi connectivity index (χ2n) is 14.4. The SMILES string of the molecule is CC(C)COC(=O)CC[C@H](NC(=O)CCCC(=O)N(C)C)C(=O)N[C@H](C(=O)N[C@@H](CNC(=O)OC(C)(C)C)C(=O)Nc1ccc(CO)cc1)C(C)C. The van der Waals surface area contributed by atoms with Crippen LogP contribution in [-0.4, -0.2) is 103 Å². The Kier molecular flexibility index (Phi) is 19.4. The predicted molar refractivity (Wildman–Crippen MR) is 193 cm³/mol. The number of carbonyl (C=O) groups excluding carboxylic acids is 7. The molecular formula is C36H58N6O10. The Balaban J connectivity index is 3.19. The summed E-state index contributed by atoms with van der Waals surface area (Å²) in [7, 11) is 3.21. The van der Waals surface area contributed by atoms with Gasteiger partial charge in [0.25, 0.3) is 0 Å². The minimum absolute atomic E-state index is 0.0561. The molecule has 0 radical (unpaired) electrons. The number of benzene rings is 1. The molecule has 6 amide bonds. The molecule has 0 fully saturated rings. The number of nitrogens with zero attached hydrogens (tertiary/aromatic N) is 1. The second-order valence-corrected chi connectivity index (χ2v) is 14.4. The second kappa shape index (κ2) is 22.3. The van der Waals surface area contributed by atoms with Crippen LogP contribution in [0.1, 0.15) is 86.1 Å². The summed E-state index contributed by atoms with van der Waals surface area (Å²) in [5.74, 6) is -3.86. The van der Waals surface area contributed by atoms with Crippen molar-refractivity contribution in [3.05, 3.63) is 29.8 Å². The van der Waals surface area contributed by atoms with Crippen molar-refractivity contribution in [3.63, 3.8) is 0 Å². The highest BCUT2D eigenvalue weighted by molar-refractivity contribution is 5.99. The molecular weight excluding hydrogens is 676 g/mol. The summed E-state index contributed by atoms with van der Waals surface area (Å²) in [5.41, 5.74) is 0.156. The Morgan fingerprint density at radius 1 is 0.808 bits per heavy atom. The van der Waals surface area contributed by atoms with Crippen LogP contribution in [-0.2, 0) is 44.8 Å². The first kappa shape index (κ1) is 45.3.